The summed E-state index contributed by atoms with van der Waals surface area (Å²) in [6.07, 6.45) is 0. The van der Waals surface area contributed by atoms with Gasteiger partial charge in [-0.3, -0.25) is 4.79 Å². The van der Waals surface area contributed by atoms with Crippen LogP contribution in [0.25, 0.3) is 0 Å². The maximum absolute atomic E-state index is 11.7. The fourth-order valence-electron chi connectivity index (χ4n) is 1.24. The van der Waals surface area contributed by atoms with Crippen molar-refractivity contribution in [3.05, 3.63) is 35.4 Å². The predicted molar refractivity (Wildman–Crippen MR) is 66.3 cm³/mol. The highest BCUT2D eigenvalue weighted by Crippen LogP contribution is 2.03. The number of hydrogen-bond acceptors (Lipinski definition) is 3. The summed E-state index contributed by atoms with van der Waals surface area (Å²) in [7, 11) is 0. The molecule has 0 saturated heterocycles. The number of nitrogens with two attached hydrogens (primary N) is 1. The van der Waals surface area contributed by atoms with Gasteiger partial charge >= 0.3 is 0 Å². The lowest BCUT2D eigenvalue weighted by Gasteiger charge is -2.16. The van der Waals surface area contributed by atoms with E-state index in [2.05, 4.69) is 5.32 Å². The van der Waals surface area contributed by atoms with Crippen LogP contribution in [0.2, 0.25) is 0 Å². The molecular formula is C13H17N3O. The molecule has 0 spiro atoms. The van der Waals surface area contributed by atoms with Crippen LogP contribution in [0.1, 0.15) is 29.8 Å². The van der Waals surface area contributed by atoms with E-state index >= 15 is 0 Å². The van der Waals surface area contributed by atoms with E-state index in [0.717, 1.165) is 0 Å². The third-order valence-electron chi connectivity index (χ3n) is 2.63. The minimum Gasteiger partial charge on any atom is -0.350 e. The Morgan fingerprint density at radius 2 is 2.00 bits per heavy atom. The lowest BCUT2D eigenvalue weighted by Crippen LogP contribution is -2.40. The van der Waals surface area contributed by atoms with Crippen molar-refractivity contribution in [1.29, 1.82) is 5.26 Å². The van der Waals surface area contributed by atoms with E-state index in [4.69, 9.17) is 11.0 Å². The van der Waals surface area contributed by atoms with Gasteiger partial charge in [-0.1, -0.05) is 13.8 Å². The molecule has 1 atom stereocenters. The summed E-state index contributed by atoms with van der Waals surface area (Å²) in [6.45, 7) is 4.48. The third kappa shape index (κ3) is 3.89. The van der Waals surface area contributed by atoms with Gasteiger partial charge in [0.15, 0.2) is 0 Å². The molecule has 0 aliphatic rings. The SMILES string of the molecule is CC(C)[C@@H](N)CNC(=O)c1ccc(C#N)cc1. The first-order valence-corrected chi connectivity index (χ1v) is 5.58. The molecule has 0 aromatic heterocycles. The van der Waals surface area contributed by atoms with Gasteiger partial charge in [-0.25, -0.2) is 0 Å². The van der Waals surface area contributed by atoms with Crippen molar-refractivity contribution in [2.24, 2.45) is 11.7 Å². The normalized spacial score (nSPS) is 11.9. The number of carbonyl (C=O) groups excluding carboxylic acids is 1. The number of hydrogen-bond donors (Lipinski definition) is 2. The largest absolute Gasteiger partial charge is 0.350 e. The molecule has 4 heteroatoms. The second-order valence-corrected chi connectivity index (χ2v) is 4.31. The smallest absolute Gasteiger partial charge is 0.251 e. The number of amides is 1. The molecular weight excluding hydrogens is 214 g/mol. The third-order valence-corrected chi connectivity index (χ3v) is 2.63. The molecule has 0 aliphatic carbocycles. The quantitative estimate of drug-likeness (QED) is 0.819. The summed E-state index contributed by atoms with van der Waals surface area (Å²) in [5.41, 5.74) is 6.91. The second-order valence-electron chi connectivity index (χ2n) is 4.31. The number of nitrogens with zero attached hydrogens (tertiary/aromatic N) is 1. The zero-order valence-corrected chi connectivity index (χ0v) is 10.1. The standard InChI is InChI=1S/C13H17N3O/c1-9(2)12(15)8-16-13(17)11-5-3-10(7-14)4-6-11/h3-6,9,12H,8,15H2,1-2H3,(H,16,17)/t12-/m0/s1. The molecule has 17 heavy (non-hydrogen) atoms. The van der Waals surface area contributed by atoms with E-state index in [1.54, 1.807) is 24.3 Å². The van der Waals surface area contributed by atoms with Crippen LogP contribution in [0, 0.1) is 17.2 Å². The molecule has 3 N–H and O–H groups in total. The Morgan fingerprint density at radius 3 is 2.47 bits per heavy atom. The Morgan fingerprint density at radius 1 is 1.41 bits per heavy atom. The minimum absolute atomic E-state index is 0.0441. The van der Waals surface area contributed by atoms with Crippen LogP contribution in [0.3, 0.4) is 0 Å². The van der Waals surface area contributed by atoms with E-state index in [0.29, 0.717) is 23.6 Å². The van der Waals surface area contributed by atoms with Crippen LogP contribution < -0.4 is 11.1 Å². The van der Waals surface area contributed by atoms with Crippen LogP contribution >= 0.6 is 0 Å². The van der Waals surface area contributed by atoms with Gasteiger partial charge in [-0.2, -0.15) is 5.26 Å². The fraction of sp³-hybridized carbons (Fsp3) is 0.385. The number of rotatable bonds is 4. The molecule has 90 valence electrons. The van der Waals surface area contributed by atoms with Crippen LogP contribution in [-0.2, 0) is 0 Å². The van der Waals surface area contributed by atoms with Crippen molar-refractivity contribution in [2.45, 2.75) is 19.9 Å². The van der Waals surface area contributed by atoms with Crippen LogP contribution in [-0.4, -0.2) is 18.5 Å². The maximum Gasteiger partial charge on any atom is 0.251 e. The Kier molecular flexibility index (Phi) is 4.68. The van der Waals surface area contributed by atoms with Crippen molar-refractivity contribution in [3.63, 3.8) is 0 Å². The van der Waals surface area contributed by atoms with Crippen molar-refractivity contribution >= 4 is 5.91 Å². The number of nitrogens with one attached hydrogen (secondary N) is 1. The summed E-state index contributed by atoms with van der Waals surface area (Å²) in [5.74, 6) is 0.168. The van der Waals surface area contributed by atoms with Gasteiger partial charge < -0.3 is 11.1 Å². The minimum atomic E-state index is -0.161. The molecule has 1 aromatic carbocycles. The molecule has 1 rings (SSSR count). The first kappa shape index (κ1) is 13.2. The van der Waals surface area contributed by atoms with E-state index in [9.17, 15) is 4.79 Å². The van der Waals surface area contributed by atoms with Gasteiger partial charge in [0.25, 0.3) is 5.91 Å². The molecule has 0 unspecified atom stereocenters. The maximum atomic E-state index is 11.7. The molecule has 0 fully saturated rings. The van der Waals surface area contributed by atoms with Crippen LogP contribution in [0.15, 0.2) is 24.3 Å². The lowest BCUT2D eigenvalue weighted by atomic mass is 10.1. The predicted octanol–water partition coefficient (Wildman–Crippen LogP) is 1.27. The Labute approximate surface area is 101 Å². The highest BCUT2D eigenvalue weighted by Gasteiger charge is 2.10. The average Bonchev–Trinajstić information content (AvgIpc) is 2.35. The first-order valence-electron chi connectivity index (χ1n) is 5.58. The van der Waals surface area contributed by atoms with E-state index in [1.807, 2.05) is 19.9 Å². The summed E-state index contributed by atoms with van der Waals surface area (Å²) in [5, 5.41) is 11.4. The summed E-state index contributed by atoms with van der Waals surface area (Å²) in [4.78, 5) is 11.7. The van der Waals surface area contributed by atoms with E-state index in [-0.39, 0.29) is 11.9 Å². The van der Waals surface area contributed by atoms with Gasteiger partial charge in [0, 0.05) is 18.2 Å². The zero-order valence-electron chi connectivity index (χ0n) is 10.1. The molecule has 0 radical (unpaired) electrons. The lowest BCUT2D eigenvalue weighted by molar-refractivity contribution is 0.0949. The Bertz CT molecular complexity index is 417. The number of carbonyl (C=O) groups is 1. The van der Waals surface area contributed by atoms with Crippen molar-refractivity contribution < 1.29 is 4.79 Å². The fourth-order valence-corrected chi connectivity index (χ4v) is 1.24. The van der Waals surface area contributed by atoms with Gasteiger partial charge in [-0.05, 0) is 30.2 Å². The summed E-state index contributed by atoms with van der Waals surface area (Å²) >= 11 is 0. The molecule has 0 saturated carbocycles. The molecule has 0 aliphatic heterocycles. The second kappa shape index (κ2) is 6.02. The highest BCUT2D eigenvalue weighted by molar-refractivity contribution is 5.94. The number of benzene rings is 1. The molecule has 1 aromatic rings. The summed E-state index contributed by atoms with van der Waals surface area (Å²) < 4.78 is 0. The highest BCUT2D eigenvalue weighted by atomic mass is 16.1. The average molecular weight is 231 g/mol. The van der Waals surface area contributed by atoms with Crippen LogP contribution in [0.5, 0.6) is 0 Å². The van der Waals surface area contributed by atoms with E-state index in [1.165, 1.54) is 0 Å². The van der Waals surface area contributed by atoms with Crippen molar-refractivity contribution in [1.82, 2.24) is 5.32 Å². The first-order chi connectivity index (χ1) is 8.04. The van der Waals surface area contributed by atoms with Gasteiger partial charge in [-0.15, -0.1) is 0 Å². The molecule has 0 bridgehead atoms. The zero-order chi connectivity index (χ0) is 12.8. The number of nitriles is 1. The topological polar surface area (TPSA) is 78.9 Å². The van der Waals surface area contributed by atoms with Gasteiger partial charge in [0.1, 0.15) is 0 Å². The monoisotopic (exact) mass is 231 g/mol. The molecule has 1 amide bonds. The van der Waals surface area contributed by atoms with E-state index < -0.39 is 0 Å². The molecule has 0 heterocycles. The Hall–Kier alpha value is -1.86. The summed E-state index contributed by atoms with van der Waals surface area (Å²) in [6, 6.07) is 8.47. The van der Waals surface area contributed by atoms with Crippen LogP contribution in [0.4, 0.5) is 0 Å². The molecule has 4 nitrogen and oxygen atoms in total. The Balaban J connectivity index is 2.56. The van der Waals surface area contributed by atoms with Crippen molar-refractivity contribution in [2.75, 3.05) is 6.54 Å². The van der Waals surface area contributed by atoms with Gasteiger partial charge in [0.2, 0.25) is 0 Å². The van der Waals surface area contributed by atoms with Crippen molar-refractivity contribution in [3.8, 4) is 6.07 Å². The van der Waals surface area contributed by atoms with Gasteiger partial charge in [0.05, 0.1) is 11.6 Å².